The molecule has 0 heterocycles. The maximum atomic E-state index is 13.8. The highest BCUT2D eigenvalue weighted by molar-refractivity contribution is 5.78. The normalized spacial score (nSPS) is 13.2. The Labute approximate surface area is 159 Å². The summed E-state index contributed by atoms with van der Waals surface area (Å²) in [6.07, 6.45) is -3.61. The van der Waals surface area contributed by atoms with Gasteiger partial charge in [-0.2, -0.15) is 0 Å². The Morgan fingerprint density at radius 2 is 1.64 bits per heavy atom. The third-order valence-corrected chi connectivity index (χ3v) is 4.30. The molecule has 0 aliphatic carbocycles. The molecule has 0 saturated heterocycles. The molecule has 8 heteroatoms. The third-order valence-electron chi connectivity index (χ3n) is 4.30. The standard InChI is InChI=1S/C20H19F4NO3/c21-14-7-5-12(6-8-14)9-13(20(27)28)11-25-18(26)10-16(19(23)24)15-3-1-2-4-17(15)22/h1-8,13,16,19H,9-11H2,(H,25,26)(H,27,28). The zero-order valence-electron chi connectivity index (χ0n) is 14.7. The summed E-state index contributed by atoms with van der Waals surface area (Å²) in [5.41, 5.74) is 0.286. The Kier molecular flexibility index (Phi) is 7.54. The highest BCUT2D eigenvalue weighted by Gasteiger charge is 2.28. The molecule has 0 aromatic heterocycles. The number of nitrogens with one attached hydrogen (secondary N) is 1. The van der Waals surface area contributed by atoms with E-state index in [1.54, 1.807) is 0 Å². The van der Waals surface area contributed by atoms with Crippen LogP contribution in [0.2, 0.25) is 0 Å². The van der Waals surface area contributed by atoms with Crippen LogP contribution in [0, 0.1) is 17.6 Å². The predicted molar refractivity (Wildman–Crippen MR) is 94.0 cm³/mol. The number of aliphatic carboxylic acids is 1. The summed E-state index contributed by atoms with van der Waals surface area (Å²) >= 11 is 0. The molecule has 0 saturated carbocycles. The second kappa shape index (κ2) is 9.87. The molecule has 0 aliphatic rings. The van der Waals surface area contributed by atoms with E-state index in [2.05, 4.69) is 5.32 Å². The van der Waals surface area contributed by atoms with Gasteiger partial charge in [0.15, 0.2) is 0 Å². The van der Waals surface area contributed by atoms with Crippen LogP contribution in [0.25, 0.3) is 0 Å². The van der Waals surface area contributed by atoms with Crippen molar-refractivity contribution in [3.63, 3.8) is 0 Å². The molecule has 28 heavy (non-hydrogen) atoms. The maximum Gasteiger partial charge on any atom is 0.308 e. The predicted octanol–water partition coefficient (Wildman–Crippen LogP) is 3.76. The van der Waals surface area contributed by atoms with E-state index in [-0.39, 0.29) is 18.5 Å². The first-order chi connectivity index (χ1) is 13.3. The Morgan fingerprint density at radius 1 is 1.00 bits per heavy atom. The number of hydrogen-bond donors (Lipinski definition) is 2. The van der Waals surface area contributed by atoms with Crippen molar-refractivity contribution in [2.75, 3.05) is 6.54 Å². The lowest BCUT2D eigenvalue weighted by atomic mass is 9.95. The Morgan fingerprint density at radius 3 is 2.21 bits per heavy atom. The number of carboxylic acids is 1. The third kappa shape index (κ3) is 6.07. The van der Waals surface area contributed by atoms with E-state index in [9.17, 15) is 32.3 Å². The van der Waals surface area contributed by atoms with E-state index in [0.717, 1.165) is 6.07 Å². The van der Waals surface area contributed by atoms with Crippen molar-refractivity contribution in [3.05, 3.63) is 71.3 Å². The summed E-state index contributed by atoms with van der Waals surface area (Å²) < 4.78 is 53.3. The van der Waals surface area contributed by atoms with Crippen LogP contribution in [0.1, 0.15) is 23.5 Å². The van der Waals surface area contributed by atoms with Crippen molar-refractivity contribution in [1.82, 2.24) is 5.32 Å². The fraction of sp³-hybridized carbons (Fsp3) is 0.300. The minimum Gasteiger partial charge on any atom is -0.481 e. The molecule has 2 rings (SSSR count). The van der Waals surface area contributed by atoms with Crippen molar-refractivity contribution in [2.24, 2.45) is 5.92 Å². The van der Waals surface area contributed by atoms with Gasteiger partial charge in [-0.25, -0.2) is 17.6 Å². The van der Waals surface area contributed by atoms with E-state index < -0.39 is 48.2 Å². The molecule has 0 radical (unpaired) electrons. The quantitative estimate of drug-likeness (QED) is 0.633. The summed E-state index contributed by atoms with van der Waals surface area (Å²) in [7, 11) is 0. The van der Waals surface area contributed by atoms with Gasteiger partial charge in [0.25, 0.3) is 0 Å². The zero-order valence-corrected chi connectivity index (χ0v) is 14.7. The average molecular weight is 397 g/mol. The number of carboxylic acid groups (broad SMARTS) is 1. The SMILES string of the molecule is O=C(CC(c1ccccc1F)C(F)F)NCC(Cc1ccc(F)cc1)C(=O)O. The monoisotopic (exact) mass is 397 g/mol. The molecule has 0 bridgehead atoms. The molecule has 150 valence electrons. The topological polar surface area (TPSA) is 66.4 Å². The molecule has 0 fully saturated rings. The molecule has 2 aromatic carbocycles. The highest BCUT2D eigenvalue weighted by Crippen LogP contribution is 2.28. The van der Waals surface area contributed by atoms with E-state index in [1.165, 1.54) is 42.5 Å². The van der Waals surface area contributed by atoms with Crippen molar-refractivity contribution in [2.45, 2.75) is 25.2 Å². The Balaban J connectivity index is 1.98. The van der Waals surface area contributed by atoms with Gasteiger partial charge in [0.05, 0.1) is 11.8 Å². The van der Waals surface area contributed by atoms with Gasteiger partial charge in [-0.05, 0) is 35.7 Å². The molecule has 4 nitrogen and oxygen atoms in total. The van der Waals surface area contributed by atoms with Gasteiger partial charge in [0.1, 0.15) is 11.6 Å². The fourth-order valence-corrected chi connectivity index (χ4v) is 2.77. The molecule has 0 spiro atoms. The molecule has 1 amide bonds. The number of alkyl halides is 2. The minimum absolute atomic E-state index is 0.0292. The van der Waals surface area contributed by atoms with Crippen molar-refractivity contribution >= 4 is 11.9 Å². The molecule has 2 aromatic rings. The van der Waals surface area contributed by atoms with Crippen LogP contribution >= 0.6 is 0 Å². The Bertz CT molecular complexity index is 811. The fourth-order valence-electron chi connectivity index (χ4n) is 2.77. The molecular formula is C20H19F4NO3. The van der Waals surface area contributed by atoms with Crippen LogP contribution in [0.15, 0.2) is 48.5 Å². The highest BCUT2D eigenvalue weighted by atomic mass is 19.3. The van der Waals surface area contributed by atoms with Gasteiger partial charge >= 0.3 is 5.97 Å². The van der Waals surface area contributed by atoms with Gasteiger partial charge in [0.2, 0.25) is 12.3 Å². The summed E-state index contributed by atoms with van der Waals surface area (Å²) in [5.74, 6) is -5.95. The van der Waals surface area contributed by atoms with E-state index >= 15 is 0 Å². The number of amides is 1. The number of rotatable bonds is 9. The number of hydrogen-bond acceptors (Lipinski definition) is 2. The smallest absolute Gasteiger partial charge is 0.308 e. The lowest BCUT2D eigenvalue weighted by Gasteiger charge is -2.18. The first-order valence-electron chi connectivity index (χ1n) is 8.54. The van der Waals surface area contributed by atoms with Gasteiger partial charge in [-0.3, -0.25) is 9.59 Å². The maximum absolute atomic E-state index is 13.8. The number of benzene rings is 2. The largest absolute Gasteiger partial charge is 0.481 e. The summed E-state index contributed by atoms with van der Waals surface area (Å²) in [4.78, 5) is 23.4. The molecule has 2 unspecified atom stereocenters. The minimum atomic E-state index is -2.96. The summed E-state index contributed by atoms with van der Waals surface area (Å²) in [6.45, 7) is -0.293. The van der Waals surface area contributed by atoms with Crippen LogP contribution < -0.4 is 5.32 Å². The van der Waals surface area contributed by atoms with Gasteiger partial charge in [-0.1, -0.05) is 30.3 Å². The van der Waals surface area contributed by atoms with E-state index in [1.807, 2.05) is 0 Å². The van der Waals surface area contributed by atoms with Gasteiger partial charge in [0, 0.05) is 13.0 Å². The molecule has 0 aliphatic heterocycles. The first kappa shape index (κ1) is 21.4. The van der Waals surface area contributed by atoms with Crippen molar-refractivity contribution < 1.29 is 32.3 Å². The van der Waals surface area contributed by atoms with E-state index in [0.29, 0.717) is 5.56 Å². The number of halogens is 4. The van der Waals surface area contributed by atoms with Crippen LogP contribution in [0.3, 0.4) is 0 Å². The second-order valence-corrected chi connectivity index (χ2v) is 6.34. The van der Waals surface area contributed by atoms with Crippen molar-refractivity contribution in [3.8, 4) is 0 Å². The number of carbonyl (C=O) groups excluding carboxylic acids is 1. The molecular weight excluding hydrogens is 378 g/mol. The molecule has 2 atom stereocenters. The van der Waals surface area contributed by atoms with Crippen molar-refractivity contribution in [1.29, 1.82) is 0 Å². The summed E-state index contributed by atoms with van der Waals surface area (Å²) in [6, 6.07) is 10.2. The molecule has 2 N–H and O–H groups in total. The number of carbonyl (C=O) groups is 2. The van der Waals surface area contributed by atoms with Crippen LogP contribution in [0.5, 0.6) is 0 Å². The van der Waals surface area contributed by atoms with E-state index in [4.69, 9.17) is 0 Å². The Hall–Kier alpha value is -2.90. The van der Waals surface area contributed by atoms with Crippen LogP contribution in [-0.4, -0.2) is 30.0 Å². The first-order valence-corrected chi connectivity index (χ1v) is 8.54. The lowest BCUT2D eigenvalue weighted by molar-refractivity contribution is -0.141. The van der Waals surface area contributed by atoms with Crippen LogP contribution in [0.4, 0.5) is 17.6 Å². The second-order valence-electron chi connectivity index (χ2n) is 6.34. The van der Waals surface area contributed by atoms with Crippen LogP contribution in [-0.2, 0) is 16.0 Å². The lowest BCUT2D eigenvalue weighted by Crippen LogP contribution is -2.35. The summed E-state index contributed by atoms with van der Waals surface area (Å²) in [5, 5.41) is 11.6. The zero-order chi connectivity index (χ0) is 20.7. The van der Waals surface area contributed by atoms with Gasteiger partial charge in [-0.15, -0.1) is 0 Å². The van der Waals surface area contributed by atoms with Gasteiger partial charge < -0.3 is 10.4 Å². The average Bonchev–Trinajstić information content (AvgIpc) is 2.65.